The van der Waals surface area contributed by atoms with Crippen molar-refractivity contribution in [3.8, 4) is 0 Å². The second-order valence-electron chi connectivity index (χ2n) is 4.04. The molecule has 0 saturated heterocycles. The van der Waals surface area contributed by atoms with Gasteiger partial charge in [-0.05, 0) is 23.6 Å². The monoisotopic (exact) mass is 233 g/mol. The first-order valence-corrected chi connectivity index (χ1v) is 6.00. The van der Waals surface area contributed by atoms with E-state index in [1.807, 2.05) is 29.2 Å². The molecule has 0 atom stereocenters. The molecule has 0 aliphatic carbocycles. The van der Waals surface area contributed by atoms with Crippen molar-refractivity contribution < 1.29 is 4.79 Å². The van der Waals surface area contributed by atoms with Crippen molar-refractivity contribution in [3.63, 3.8) is 0 Å². The number of carbonyl (C=O) groups excluding carboxylic acids is 1. The molecule has 3 heteroatoms. The SMILES string of the molecule is C=C(CS)CN1CCc2ccccc2C1=O. The maximum Gasteiger partial charge on any atom is 0.254 e. The van der Waals surface area contributed by atoms with Crippen LogP contribution in [0, 0.1) is 0 Å². The van der Waals surface area contributed by atoms with Gasteiger partial charge in [0.15, 0.2) is 0 Å². The first kappa shape index (κ1) is 11.3. The molecule has 1 heterocycles. The van der Waals surface area contributed by atoms with Crippen molar-refractivity contribution in [3.05, 3.63) is 47.5 Å². The van der Waals surface area contributed by atoms with Crippen molar-refractivity contribution in [1.82, 2.24) is 4.90 Å². The van der Waals surface area contributed by atoms with Crippen LogP contribution in [0.1, 0.15) is 15.9 Å². The molecule has 1 aromatic rings. The van der Waals surface area contributed by atoms with Gasteiger partial charge in [0.1, 0.15) is 0 Å². The number of rotatable bonds is 3. The van der Waals surface area contributed by atoms with Crippen LogP contribution in [0.4, 0.5) is 0 Å². The van der Waals surface area contributed by atoms with E-state index in [0.717, 1.165) is 29.7 Å². The Labute approximate surface area is 101 Å². The van der Waals surface area contributed by atoms with Gasteiger partial charge in [-0.3, -0.25) is 4.79 Å². The molecule has 2 nitrogen and oxygen atoms in total. The molecule has 0 fully saturated rings. The summed E-state index contributed by atoms with van der Waals surface area (Å²) >= 11 is 4.16. The third-order valence-corrected chi connectivity index (χ3v) is 3.27. The number of carbonyl (C=O) groups is 1. The Morgan fingerprint density at radius 1 is 1.44 bits per heavy atom. The van der Waals surface area contributed by atoms with Crippen LogP contribution in [-0.2, 0) is 6.42 Å². The van der Waals surface area contributed by atoms with E-state index in [4.69, 9.17) is 0 Å². The average molecular weight is 233 g/mol. The van der Waals surface area contributed by atoms with Crippen molar-refractivity contribution in [1.29, 1.82) is 0 Å². The molecule has 0 spiro atoms. The Morgan fingerprint density at radius 2 is 2.19 bits per heavy atom. The Kier molecular flexibility index (Phi) is 3.34. The molecule has 16 heavy (non-hydrogen) atoms. The van der Waals surface area contributed by atoms with Crippen LogP contribution in [-0.4, -0.2) is 29.6 Å². The minimum Gasteiger partial charge on any atom is -0.334 e. The van der Waals surface area contributed by atoms with E-state index in [2.05, 4.69) is 19.2 Å². The normalized spacial score (nSPS) is 14.8. The Balaban J connectivity index is 2.18. The fourth-order valence-electron chi connectivity index (χ4n) is 1.95. The van der Waals surface area contributed by atoms with Gasteiger partial charge in [-0.25, -0.2) is 0 Å². The second-order valence-corrected chi connectivity index (χ2v) is 4.36. The lowest BCUT2D eigenvalue weighted by Crippen LogP contribution is -2.38. The number of hydrogen-bond acceptors (Lipinski definition) is 2. The van der Waals surface area contributed by atoms with Crippen LogP contribution >= 0.6 is 12.6 Å². The van der Waals surface area contributed by atoms with Crippen molar-refractivity contribution in [2.45, 2.75) is 6.42 Å². The van der Waals surface area contributed by atoms with Gasteiger partial charge < -0.3 is 4.90 Å². The zero-order chi connectivity index (χ0) is 11.5. The molecular weight excluding hydrogens is 218 g/mol. The molecular formula is C13H15NOS. The molecule has 0 aromatic heterocycles. The second kappa shape index (κ2) is 4.74. The lowest BCUT2D eigenvalue weighted by Gasteiger charge is -2.28. The maximum atomic E-state index is 12.1. The summed E-state index contributed by atoms with van der Waals surface area (Å²) in [6, 6.07) is 7.81. The molecule has 2 rings (SSSR count). The predicted molar refractivity (Wildman–Crippen MR) is 69.0 cm³/mol. The first-order chi connectivity index (χ1) is 7.72. The molecule has 1 aromatic carbocycles. The van der Waals surface area contributed by atoms with Crippen molar-refractivity contribution in [2.75, 3.05) is 18.8 Å². The highest BCUT2D eigenvalue weighted by Gasteiger charge is 2.23. The smallest absolute Gasteiger partial charge is 0.254 e. The van der Waals surface area contributed by atoms with Gasteiger partial charge in [0.2, 0.25) is 0 Å². The third-order valence-electron chi connectivity index (χ3n) is 2.82. The molecule has 84 valence electrons. The summed E-state index contributed by atoms with van der Waals surface area (Å²) in [6.45, 7) is 5.29. The average Bonchev–Trinajstić information content (AvgIpc) is 2.33. The molecule has 1 amide bonds. The minimum absolute atomic E-state index is 0.116. The maximum absolute atomic E-state index is 12.1. The Hall–Kier alpha value is -1.22. The highest BCUT2D eigenvalue weighted by molar-refractivity contribution is 7.80. The van der Waals surface area contributed by atoms with E-state index in [1.54, 1.807) is 0 Å². The fourth-order valence-corrected chi connectivity index (χ4v) is 2.05. The third kappa shape index (κ3) is 2.14. The number of nitrogens with zero attached hydrogens (tertiary/aromatic N) is 1. The van der Waals surface area contributed by atoms with Crippen LogP contribution in [0.2, 0.25) is 0 Å². The lowest BCUT2D eigenvalue weighted by molar-refractivity contribution is 0.0755. The van der Waals surface area contributed by atoms with Crippen molar-refractivity contribution >= 4 is 18.5 Å². The number of benzene rings is 1. The molecule has 0 unspecified atom stereocenters. The van der Waals surface area contributed by atoms with E-state index in [1.165, 1.54) is 0 Å². The standard InChI is InChI=1S/C13H15NOS/c1-10(9-16)8-14-7-6-11-4-2-3-5-12(11)13(14)15/h2-5,16H,1,6-9H2. The van der Waals surface area contributed by atoms with Gasteiger partial charge in [-0.2, -0.15) is 12.6 Å². The molecule has 0 saturated carbocycles. The van der Waals surface area contributed by atoms with Gasteiger partial charge in [0.25, 0.3) is 5.91 Å². The summed E-state index contributed by atoms with van der Waals surface area (Å²) in [5.41, 5.74) is 2.97. The van der Waals surface area contributed by atoms with Crippen molar-refractivity contribution in [2.24, 2.45) is 0 Å². The summed E-state index contributed by atoms with van der Waals surface area (Å²) in [4.78, 5) is 14.0. The number of amides is 1. The van der Waals surface area contributed by atoms with E-state index < -0.39 is 0 Å². The topological polar surface area (TPSA) is 20.3 Å². The number of fused-ring (bicyclic) bond motifs is 1. The molecule has 0 bridgehead atoms. The Bertz CT molecular complexity index is 428. The van der Waals surface area contributed by atoms with E-state index in [-0.39, 0.29) is 5.91 Å². The summed E-state index contributed by atoms with van der Waals surface area (Å²) in [7, 11) is 0. The van der Waals surface area contributed by atoms with Crippen LogP contribution < -0.4 is 0 Å². The summed E-state index contributed by atoms with van der Waals surface area (Å²) in [5, 5.41) is 0. The van der Waals surface area contributed by atoms with Crippen LogP contribution in [0.25, 0.3) is 0 Å². The van der Waals surface area contributed by atoms with Gasteiger partial charge in [-0.15, -0.1) is 0 Å². The minimum atomic E-state index is 0.116. The summed E-state index contributed by atoms with van der Waals surface area (Å²) in [5.74, 6) is 0.746. The summed E-state index contributed by atoms with van der Waals surface area (Å²) in [6.07, 6.45) is 0.932. The largest absolute Gasteiger partial charge is 0.334 e. The molecule has 0 N–H and O–H groups in total. The van der Waals surface area contributed by atoms with Gasteiger partial charge in [0, 0.05) is 24.4 Å². The quantitative estimate of drug-likeness (QED) is 0.626. The highest BCUT2D eigenvalue weighted by atomic mass is 32.1. The van der Waals surface area contributed by atoms with Gasteiger partial charge in [-0.1, -0.05) is 24.8 Å². The summed E-state index contributed by atoms with van der Waals surface area (Å²) < 4.78 is 0. The highest BCUT2D eigenvalue weighted by Crippen LogP contribution is 2.19. The molecule has 1 aliphatic heterocycles. The van der Waals surface area contributed by atoms with Gasteiger partial charge >= 0.3 is 0 Å². The molecule has 0 radical (unpaired) electrons. The molecule has 1 aliphatic rings. The predicted octanol–water partition coefficient (Wildman–Crippen LogP) is 2.17. The zero-order valence-electron chi connectivity index (χ0n) is 9.15. The lowest BCUT2D eigenvalue weighted by atomic mass is 9.99. The van der Waals surface area contributed by atoms with Crippen LogP contribution in [0.3, 0.4) is 0 Å². The van der Waals surface area contributed by atoms with Gasteiger partial charge in [0.05, 0.1) is 0 Å². The zero-order valence-corrected chi connectivity index (χ0v) is 10.0. The Morgan fingerprint density at radius 3 is 2.94 bits per heavy atom. The first-order valence-electron chi connectivity index (χ1n) is 5.37. The van der Waals surface area contributed by atoms with E-state index in [9.17, 15) is 4.79 Å². The fraction of sp³-hybridized carbons (Fsp3) is 0.308. The number of hydrogen-bond donors (Lipinski definition) is 1. The number of thiol groups is 1. The van der Waals surface area contributed by atoms with Crippen LogP contribution in [0.15, 0.2) is 36.4 Å². The van der Waals surface area contributed by atoms with E-state index >= 15 is 0 Å². The van der Waals surface area contributed by atoms with Crippen LogP contribution in [0.5, 0.6) is 0 Å². The van der Waals surface area contributed by atoms with E-state index in [0.29, 0.717) is 12.3 Å².